The van der Waals surface area contributed by atoms with E-state index in [4.69, 9.17) is 19.7 Å². The average molecular weight is 204 g/mol. The second-order valence-corrected chi connectivity index (χ2v) is 2.56. The van der Waals surface area contributed by atoms with E-state index >= 15 is 0 Å². The predicted octanol–water partition coefficient (Wildman–Crippen LogP) is 0.0412. The normalized spacial score (nSPS) is 12.4. The minimum Gasteiger partial charge on any atom is -0.479 e. The number of ether oxygens (including phenoxy) is 2. The van der Waals surface area contributed by atoms with Gasteiger partial charge in [-0.25, -0.2) is 4.79 Å². The van der Waals surface area contributed by atoms with Crippen LogP contribution >= 0.6 is 0 Å². The number of rotatable bonds is 9. The van der Waals surface area contributed by atoms with E-state index < -0.39 is 12.1 Å². The summed E-state index contributed by atoms with van der Waals surface area (Å²) >= 11 is 0. The molecule has 0 bridgehead atoms. The first-order valence-corrected chi connectivity index (χ1v) is 4.36. The van der Waals surface area contributed by atoms with Gasteiger partial charge in [0.25, 0.3) is 0 Å². The Morgan fingerprint density at radius 1 is 1.43 bits per heavy atom. The fraction of sp³-hybridized carbons (Fsp3) is 0.667. The van der Waals surface area contributed by atoms with Crippen molar-refractivity contribution in [1.82, 2.24) is 0 Å². The molecule has 0 aliphatic rings. The highest BCUT2D eigenvalue weighted by Gasteiger charge is 2.15. The van der Waals surface area contributed by atoms with Crippen LogP contribution < -0.4 is 0 Å². The Hall–Kier alpha value is -0.910. The van der Waals surface area contributed by atoms with Crippen molar-refractivity contribution in [3.8, 4) is 0 Å². The highest BCUT2D eigenvalue weighted by molar-refractivity contribution is 5.72. The van der Waals surface area contributed by atoms with E-state index in [1.165, 1.54) is 6.08 Å². The van der Waals surface area contributed by atoms with Gasteiger partial charge in [0.1, 0.15) is 0 Å². The van der Waals surface area contributed by atoms with Gasteiger partial charge in [0.15, 0.2) is 6.10 Å². The molecule has 0 aromatic rings. The predicted molar refractivity (Wildman–Crippen MR) is 50.1 cm³/mol. The summed E-state index contributed by atoms with van der Waals surface area (Å²) in [7, 11) is 0. The zero-order valence-electron chi connectivity index (χ0n) is 8.02. The van der Waals surface area contributed by atoms with Crippen LogP contribution in [0.5, 0.6) is 0 Å². The fourth-order valence-electron chi connectivity index (χ4n) is 0.807. The first kappa shape index (κ1) is 13.1. The van der Waals surface area contributed by atoms with E-state index in [0.717, 1.165) is 0 Å². The number of hydrogen-bond donors (Lipinski definition) is 2. The van der Waals surface area contributed by atoms with Gasteiger partial charge in [-0.15, -0.1) is 6.58 Å². The number of aliphatic carboxylic acids is 1. The first-order chi connectivity index (χ1) is 6.72. The van der Waals surface area contributed by atoms with Crippen LogP contribution in [-0.2, 0) is 14.3 Å². The van der Waals surface area contributed by atoms with Gasteiger partial charge in [-0.05, 0) is 0 Å². The van der Waals surface area contributed by atoms with Gasteiger partial charge in [0.2, 0.25) is 0 Å². The van der Waals surface area contributed by atoms with Gasteiger partial charge in [0, 0.05) is 6.42 Å². The molecule has 0 aromatic heterocycles. The van der Waals surface area contributed by atoms with Crippen molar-refractivity contribution in [2.24, 2.45) is 0 Å². The van der Waals surface area contributed by atoms with E-state index in [0.29, 0.717) is 0 Å². The molecular weight excluding hydrogens is 188 g/mol. The lowest BCUT2D eigenvalue weighted by molar-refractivity contribution is -0.151. The van der Waals surface area contributed by atoms with Crippen LogP contribution in [0.1, 0.15) is 6.42 Å². The Morgan fingerprint density at radius 3 is 2.64 bits per heavy atom. The lowest BCUT2D eigenvalue weighted by Crippen LogP contribution is -2.25. The van der Waals surface area contributed by atoms with Gasteiger partial charge in [-0.1, -0.05) is 6.08 Å². The molecular formula is C9H16O5. The molecule has 5 nitrogen and oxygen atoms in total. The molecule has 0 amide bonds. The maximum Gasteiger partial charge on any atom is 0.333 e. The highest BCUT2D eigenvalue weighted by Crippen LogP contribution is 1.99. The van der Waals surface area contributed by atoms with Crippen LogP contribution in [0.4, 0.5) is 0 Å². The third kappa shape index (κ3) is 6.59. The summed E-state index contributed by atoms with van der Waals surface area (Å²) in [6.07, 6.45) is 0.910. The first-order valence-electron chi connectivity index (χ1n) is 4.36. The largest absolute Gasteiger partial charge is 0.479 e. The molecule has 0 aliphatic carbocycles. The third-order valence-electron chi connectivity index (χ3n) is 1.44. The Balaban J connectivity index is 3.50. The topological polar surface area (TPSA) is 76.0 Å². The van der Waals surface area contributed by atoms with Crippen LogP contribution in [0.3, 0.4) is 0 Å². The van der Waals surface area contributed by atoms with Gasteiger partial charge >= 0.3 is 5.97 Å². The summed E-state index contributed by atoms with van der Waals surface area (Å²) in [6.45, 7) is 4.10. The summed E-state index contributed by atoms with van der Waals surface area (Å²) in [5, 5.41) is 17.0. The van der Waals surface area contributed by atoms with Crippen molar-refractivity contribution in [2.45, 2.75) is 12.5 Å². The zero-order valence-corrected chi connectivity index (χ0v) is 8.02. The quantitative estimate of drug-likeness (QED) is 0.409. The molecule has 0 spiro atoms. The third-order valence-corrected chi connectivity index (χ3v) is 1.44. The van der Waals surface area contributed by atoms with Crippen molar-refractivity contribution in [1.29, 1.82) is 0 Å². The molecule has 0 radical (unpaired) electrons. The summed E-state index contributed by atoms with van der Waals surface area (Å²) < 4.78 is 9.91. The SMILES string of the molecule is C=CCC(OCCOCCO)C(=O)O. The van der Waals surface area contributed by atoms with Gasteiger partial charge in [0.05, 0.1) is 26.4 Å². The number of aliphatic hydroxyl groups excluding tert-OH is 1. The number of carboxylic acid groups (broad SMARTS) is 1. The average Bonchev–Trinajstić information content (AvgIpc) is 2.15. The molecule has 0 saturated heterocycles. The second kappa shape index (κ2) is 8.68. The number of carbonyl (C=O) groups is 1. The lowest BCUT2D eigenvalue weighted by atomic mass is 10.2. The summed E-state index contributed by atoms with van der Waals surface area (Å²) in [5.41, 5.74) is 0. The van der Waals surface area contributed by atoms with Crippen molar-refractivity contribution >= 4 is 5.97 Å². The molecule has 82 valence electrons. The summed E-state index contributed by atoms with van der Waals surface area (Å²) in [5.74, 6) is -1.01. The lowest BCUT2D eigenvalue weighted by Gasteiger charge is -2.11. The number of hydrogen-bond acceptors (Lipinski definition) is 4. The Morgan fingerprint density at radius 2 is 2.14 bits per heavy atom. The standard InChI is InChI=1S/C9H16O5/c1-2-3-8(9(11)12)14-7-6-13-5-4-10/h2,8,10H,1,3-7H2,(H,11,12). The second-order valence-electron chi connectivity index (χ2n) is 2.56. The molecule has 0 saturated carbocycles. The van der Waals surface area contributed by atoms with Crippen LogP contribution in [0.15, 0.2) is 12.7 Å². The van der Waals surface area contributed by atoms with Crippen molar-refractivity contribution in [2.75, 3.05) is 26.4 Å². The highest BCUT2D eigenvalue weighted by atomic mass is 16.5. The van der Waals surface area contributed by atoms with E-state index in [9.17, 15) is 4.79 Å². The maximum atomic E-state index is 10.6. The molecule has 5 heteroatoms. The van der Waals surface area contributed by atoms with E-state index in [1.54, 1.807) is 0 Å². The van der Waals surface area contributed by atoms with Crippen molar-refractivity contribution in [3.63, 3.8) is 0 Å². The maximum absolute atomic E-state index is 10.6. The van der Waals surface area contributed by atoms with Crippen LogP contribution in [0.2, 0.25) is 0 Å². The molecule has 0 aromatic carbocycles. The monoisotopic (exact) mass is 204 g/mol. The number of aliphatic hydroxyl groups is 1. The molecule has 0 aliphatic heterocycles. The van der Waals surface area contributed by atoms with E-state index in [1.807, 2.05) is 0 Å². The van der Waals surface area contributed by atoms with Crippen LogP contribution in [-0.4, -0.2) is 48.7 Å². The number of carboxylic acids is 1. The molecule has 2 N–H and O–H groups in total. The Kier molecular flexibility index (Phi) is 8.11. The summed E-state index contributed by atoms with van der Waals surface area (Å²) in [6, 6.07) is 0. The van der Waals surface area contributed by atoms with Crippen LogP contribution in [0, 0.1) is 0 Å². The molecule has 0 heterocycles. The smallest absolute Gasteiger partial charge is 0.333 e. The van der Waals surface area contributed by atoms with E-state index in [2.05, 4.69) is 6.58 Å². The molecule has 14 heavy (non-hydrogen) atoms. The Labute approximate surface area is 82.9 Å². The zero-order chi connectivity index (χ0) is 10.8. The van der Waals surface area contributed by atoms with Crippen LogP contribution in [0.25, 0.3) is 0 Å². The van der Waals surface area contributed by atoms with Gasteiger partial charge in [-0.3, -0.25) is 0 Å². The molecule has 1 atom stereocenters. The molecule has 0 rings (SSSR count). The fourth-order valence-corrected chi connectivity index (χ4v) is 0.807. The minimum absolute atomic E-state index is 0.0466. The van der Waals surface area contributed by atoms with Crippen molar-refractivity contribution in [3.05, 3.63) is 12.7 Å². The van der Waals surface area contributed by atoms with Crippen molar-refractivity contribution < 1.29 is 24.5 Å². The molecule has 0 fully saturated rings. The molecule has 1 unspecified atom stereocenters. The van der Waals surface area contributed by atoms with Gasteiger partial charge in [-0.2, -0.15) is 0 Å². The Bertz CT molecular complexity index is 169. The van der Waals surface area contributed by atoms with E-state index in [-0.39, 0.29) is 32.8 Å². The summed E-state index contributed by atoms with van der Waals surface area (Å²) in [4.78, 5) is 10.6. The minimum atomic E-state index is -1.01. The van der Waals surface area contributed by atoms with Gasteiger partial charge < -0.3 is 19.7 Å².